The number of sulfonamides is 1. The summed E-state index contributed by atoms with van der Waals surface area (Å²) in [4.78, 5) is 13.2. The molecule has 0 saturated carbocycles. The number of carboxylic acid groups (broad SMARTS) is 1. The molecule has 2 N–H and O–H groups in total. The number of nitrogens with zero attached hydrogens (tertiary/aromatic N) is 1. The molecule has 144 valence electrons. The highest BCUT2D eigenvalue weighted by atomic mass is 35.5. The maximum absolute atomic E-state index is 12.8. The third kappa shape index (κ3) is 4.47. The van der Waals surface area contributed by atoms with Crippen molar-refractivity contribution in [2.24, 2.45) is 0 Å². The minimum atomic E-state index is -4.00. The second kappa shape index (κ2) is 7.93. The number of benzene rings is 2. The number of hydrogen-bond acceptors (Lipinski definition) is 5. The number of hydrogen-bond donors (Lipinski definition) is 2. The molecule has 10 heteroatoms. The lowest BCUT2D eigenvalue weighted by Gasteiger charge is -2.30. The highest BCUT2D eigenvalue weighted by molar-refractivity contribution is 7.92. The zero-order valence-electron chi connectivity index (χ0n) is 14.0. The van der Waals surface area contributed by atoms with Gasteiger partial charge in [-0.3, -0.25) is 4.72 Å². The molecule has 0 bridgehead atoms. The van der Waals surface area contributed by atoms with Crippen LogP contribution in [0.15, 0.2) is 41.3 Å². The van der Waals surface area contributed by atoms with Crippen LogP contribution in [0, 0.1) is 0 Å². The van der Waals surface area contributed by atoms with Crippen LogP contribution in [0.3, 0.4) is 0 Å². The lowest BCUT2D eigenvalue weighted by atomic mass is 10.1. The fourth-order valence-electron chi connectivity index (χ4n) is 2.68. The first-order valence-electron chi connectivity index (χ1n) is 7.96. The monoisotopic (exact) mass is 430 g/mol. The Kier molecular flexibility index (Phi) is 5.81. The Morgan fingerprint density at radius 3 is 2.41 bits per heavy atom. The van der Waals surface area contributed by atoms with Crippen LogP contribution >= 0.6 is 23.2 Å². The van der Waals surface area contributed by atoms with E-state index in [1.165, 1.54) is 30.3 Å². The van der Waals surface area contributed by atoms with Crippen LogP contribution in [0.2, 0.25) is 10.0 Å². The van der Waals surface area contributed by atoms with E-state index in [9.17, 15) is 18.3 Å². The minimum absolute atomic E-state index is 0.0288. The maximum Gasteiger partial charge on any atom is 0.335 e. The molecule has 0 aliphatic carbocycles. The Morgan fingerprint density at radius 2 is 1.78 bits per heavy atom. The summed E-state index contributed by atoms with van der Waals surface area (Å²) in [6.07, 6.45) is 0. The summed E-state index contributed by atoms with van der Waals surface area (Å²) in [5.74, 6) is -1.15. The van der Waals surface area contributed by atoms with Gasteiger partial charge in [0.1, 0.15) is 0 Å². The van der Waals surface area contributed by atoms with Crippen LogP contribution in [0.5, 0.6) is 0 Å². The number of anilines is 2. The molecule has 0 atom stereocenters. The van der Waals surface area contributed by atoms with Gasteiger partial charge in [0, 0.05) is 13.1 Å². The molecule has 2 aromatic rings. The van der Waals surface area contributed by atoms with Crippen LogP contribution in [-0.4, -0.2) is 45.8 Å². The van der Waals surface area contributed by atoms with Crippen molar-refractivity contribution in [1.82, 2.24) is 0 Å². The van der Waals surface area contributed by atoms with Crippen LogP contribution in [0.1, 0.15) is 10.4 Å². The molecule has 1 heterocycles. The predicted octanol–water partition coefficient (Wildman–Crippen LogP) is 3.33. The first kappa shape index (κ1) is 19.8. The van der Waals surface area contributed by atoms with E-state index >= 15 is 0 Å². The van der Waals surface area contributed by atoms with Gasteiger partial charge < -0.3 is 14.7 Å². The highest BCUT2D eigenvalue weighted by Crippen LogP contribution is 2.31. The molecule has 1 fully saturated rings. The topological polar surface area (TPSA) is 95.9 Å². The minimum Gasteiger partial charge on any atom is -0.478 e. The zero-order chi connectivity index (χ0) is 19.6. The molecule has 1 aliphatic heterocycles. The molecule has 0 radical (unpaired) electrons. The molecule has 7 nitrogen and oxygen atoms in total. The van der Waals surface area contributed by atoms with Gasteiger partial charge in [-0.25, -0.2) is 13.2 Å². The molecular weight excluding hydrogens is 415 g/mol. The fourth-order valence-corrected chi connectivity index (χ4v) is 4.13. The molecule has 1 saturated heterocycles. The second-order valence-electron chi connectivity index (χ2n) is 5.82. The summed E-state index contributed by atoms with van der Waals surface area (Å²) < 4.78 is 33.3. The van der Waals surface area contributed by atoms with Gasteiger partial charge in [0.05, 0.1) is 45.1 Å². The Hall–Kier alpha value is -2.00. The van der Waals surface area contributed by atoms with E-state index in [1.54, 1.807) is 6.07 Å². The third-order valence-corrected chi connectivity index (χ3v) is 6.14. The number of ether oxygens (including phenoxy) is 1. The molecule has 3 rings (SSSR count). The quantitative estimate of drug-likeness (QED) is 0.754. The van der Waals surface area contributed by atoms with E-state index in [-0.39, 0.29) is 26.2 Å². The average Bonchev–Trinajstić information content (AvgIpc) is 2.64. The number of carboxylic acids is 1. The smallest absolute Gasteiger partial charge is 0.335 e. The number of morpholine rings is 1. The first-order valence-corrected chi connectivity index (χ1v) is 10.2. The SMILES string of the molecule is O=C(O)c1ccc(N2CCOCC2)c(NS(=O)(=O)c2ccc(Cl)c(Cl)c2)c1. The summed E-state index contributed by atoms with van der Waals surface area (Å²) in [5.41, 5.74) is 0.716. The number of aromatic carboxylic acids is 1. The molecular formula is C17H16Cl2N2O5S. The molecule has 2 aromatic carbocycles. The molecule has 1 aliphatic rings. The van der Waals surface area contributed by atoms with Crippen LogP contribution in [0.4, 0.5) is 11.4 Å². The maximum atomic E-state index is 12.8. The van der Waals surface area contributed by atoms with E-state index in [0.29, 0.717) is 32.0 Å². The standard InChI is InChI=1S/C17H16Cl2N2O5S/c18-13-3-2-12(10-14(13)19)27(24,25)20-15-9-11(17(22)23)1-4-16(15)21-5-7-26-8-6-21/h1-4,9-10,20H,5-8H2,(H,22,23). The van der Waals surface area contributed by atoms with E-state index in [1.807, 2.05) is 4.90 Å². The molecule has 0 spiro atoms. The normalized spacial score (nSPS) is 14.8. The molecule has 0 amide bonds. The zero-order valence-corrected chi connectivity index (χ0v) is 16.3. The Bertz CT molecular complexity index is 975. The van der Waals surface area contributed by atoms with Crippen molar-refractivity contribution in [1.29, 1.82) is 0 Å². The third-order valence-electron chi connectivity index (χ3n) is 4.04. The van der Waals surface area contributed by atoms with Crippen LogP contribution in [-0.2, 0) is 14.8 Å². The van der Waals surface area contributed by atoms with Crippen molar-refractivity contribution >= 4 is 50.6 Å². The lowest BCUT2D eigenvalue weighted by Crippen LogP contribution is -2.36. The summed E-state index contributed by atoms with van der Waals surface area (Å²) in [5, 5.41) is 9.59. The van der Waals surface area contributed by atoms with Crippen molar-refractivity contribution in [2.45, 2.75) is 4.90 Å². The van der Waals surface area contributed by atoms with Crippen molar-refractivity contribution < 1.29 is 23.1 Å². The van der Waals surface area contributed by atoms with E-state index < -0.39 is 16.0 Å². The molecule has 0 aromatic heterocycles. The Labute approximate surface area is 166 Å². The second-order valence-corrected chi connectivity index (χ2v) is 8.31. The largest absolute Gasteiger partial charge is 0.478 e. The van der Waals surface area contributed by atoms with E-state index in [4.69, 9.17) is 27.9 Å². The summed E-state index contributed by atoms with van der Waals surface area (Å²) in [6, 6.07) is 8.26. The van der Waals surface area contributed by atoms with Crippen LogP contribution in [0.25, 0.3) is 0 Å². The van der Waals surface area contributed by atoms with Gasteiger partial charge in [-0.2, -0.15) is 0 Å². The molecule has 27 heavy (non-hydrogen) atoms. The van der Waals surface area contributed by atoms with Crippen molar-refractivity contribution in [3.05, 3.63) is 52.0 Å². The average molecular weight is 431 g/mol. The van der Waals surface area contributed by atoms with Gasteiger partial charge >= 0.3 is 5.97 Å². The number of halogens is 2. The summed E-state index contributed by atoms with van der Waals surface area (Å²) >= 11 is 11.8. The van der Waals surface area contributed by atoms with Gasteiger partial charge in [0.15, 0.2) is 0 Å². The predicted molar refractivity (Wildman–Crippen MR) is 104 cm³/mol. The Morgan fingerprint density at radius 1 is 1.07 bits per heavy atom. The number of carbonyl (C=O) groups is 1. The number of nitrogens with one attached hydrogen (secondary N) is 1. The van der Waals surface area contributed by atoms with Gasteiger partial charge in [-0.05, 0) is 36.4 Å². The van der Waals surface area contributed by atoms with Gasteiger partial charge in [0.25, 0.3) is 10.0 Å². The highest BCUT2D eigenvalue weighted by Gasteiger charge is 2.22. The number of rotatable bonds is 5. The van der Waals surface area contributed by atoms with Crippen molar-refractivity contribution in [2.75, 3.05) is 35.9 Å². The van der Waals surface area contributed by atoms with E-state index in [2.05, 4.69) is 4.72 Å². The van der Waals surface area contributed by atoms with Gasteiger partial charge in [-0.1, -0.05) is 23.2 Å². The summed E-state index contributed by atoms with van der Waals surface area (Å²) in [6.45, 7) is 2.13. The lowest BCUT2D eigenvalue weighted by molar-refractivity contribution is 0.0697. The van der Waals surface area contributed by atoms with Gasteiger partial charge in [-0.15, -0.1) is 0 Å². The van der Waals surface area contributed by atoms with Gasteiger partial charge in [0.2, 0.25) is 0 Å². The Balaban J connectivity index is 2.01. The molecule has 0 unspecified atom stereocenters. The van der Waals surface area contributed by atoms with Crippen molar-refractivity contribution in [3.8, 4) is 0 Å². The first-order chi connectivity index (χ1) is 12.8. The fraction of sp³-hybridized carbons (Fsp3) is 0.235. The van der Waals surface area contributed by atoms with Crippen LogP contribution < -0.4 is 9.62 Å². The van der Waals surface area contributed by atoms with Crippen molar-refractivity contribution in [3.63, 3.8) is 0 Å². The van der Waals surface area contributed by atoms with E-state index in [0.717, 1.165) is 0 Å². The summed E-state index contributed by atoms with van der Waals surface area (Å²) in [7, 11) is -4.00.